The third-order valence-corrected chi connectivity index (χ3v) is 10.9. The molecule has 0 unspecified atom stereocenters. The molecule has 2 rings (SSSR count). The van der Waals surface area contributed by atoms with E-state index < -0.39 is 26.6 Å². The number of likely N-dealkylation sites (tertiary alicyclic amines) is 1. The fourth-order valence-electron chi connectivity index (χ4n) is 3.39. The molecule has 3 atom stereocenters. The number of benzene rings is 1. The van der Waals surface area contributed by atoms with Crippen molar-refractivity contribution in [3.8, 4) is 0 Å². The third-order valence-electron chi connectivity index (χ3n) is 6.37. The van der Waals surface area contributed by atoms with Crippen LogP contribution >= 0.6 is 0 Å². The molecule has 9 heteroatoms. The Kier molecular flexibility index (Phi) is 8.94. The maximum atomic E-state index is 12.8. The van der Waals surface area contributed by atoms with Crippen LogP contribution in [-0.4, -0.2) is 55.8 Å². The van der Waals surface area contributed by atoms with Gasteiger partial charge in [0.2, 0.25) is 0 Å². The molecule has 1 N–H and O–H groups in total. The number of nitrogens with zero attached hydrogens (tertiary/aromatic N) is 4. The highest BCUT2D eigenvalue weighted by atomic mass is 28.4. The van der Waals surface area contributed by atoms with Crippen LogP contribution in [0.3, 0.4) is 0 Å². The van der Waals surface area contributed by atoms with Gasteiger partial charge >= 0.3 is 6.09 Å². The van der Waals surface area contributed by atoms with Gasteiger partial charge in [-0.2, -0.15) is 0 Å². The van der Waals surface area contributed by atoms with E-state index in [0.717, 1.165) is 12.0 Å². The second-order valence-corrected chi connectivity index (χ2v) is 14.5. The van der Waals surface area contributed by atoms with Gasteiger partial charge in [-0.05, 0) is 48.5 Å². The number of hydrogen-bond acceptors (Lipinski definition) is 5. The van der Waals surface area contributed by atoms with Gasteiger partial charge < -0.3 is 19.2 Å². The van der Waals surface area contributed by atoms with Crippen LogP contribution in [0.25, 0.3) is 10.4 Å². The highest BCUT2D eigenvalue weighted by Crippen LogP contribution is 2.36. The lowest BCUT2D eigenvalue weighted by Crippen LogP contribution is -2.54. The van der Waals surface area contributed by atoms with Gasteiger partial charge in [0.15, 0.2) is 8.32 Å². The molecule has 8 nitrogen and oxygen atoms in total. The summed E-state index contributed by atoms with van der Waals surface area (Å²) in [5, 5.41) is 14.2. The Labute approximate surface area is 186 Å². The number of hydrogen-bond donors (Lipinski definition) is 1. The zero-order valence-electron chi connectivity index (χ0n) is 19.3. The summed E-state index contributed by atoms with van der Waals surface area (Å²) in [4.78, 5) is 17.2. The first-order valence-corrected chi connectivity index (χ1v) is 13.8. The van der Waals surface area contributed by atoms with Crippen molar-refractivity contribution in [3.63, 3.8) is 0 Å². The average Bonchev–Trinajstić information content (AvgIpc) is 2.71. The van der Waals surface area contributed by atoms with Crippen molar-refractivity contribution in [2.45, 2.75) is 83.0 Å². The summed E-state index contributed by atoms with van der Waals surface area (Å²) in [7, 11) is -1.83. The smallest absolute Gasteiger partial charge is 0.410 e. The van der Waals surface area contributed by atoms with Crippen molar-refractivity contribution in [1.82, 2.24) is 4.90 Å². The minimum atomic E-state index is -1.83. The number of amides is 1. The number of piperidine rings is 1. The zero-order chi connectivity index (χ0) is 23.1. The molecule has 0 aliphatic carbocycles. The fraction of sp³-hybridized carbons (Fsp3) is 0.682. The fourth-order valence-corrected chi connectivity index (χ4v) is 4.48. The number of aliphatic hydroxyl groups is 1. The number of carbonyl (C=O) groups is 1. The molecule has 1 aliphatic rings. The van der Waals surface area contributed by atoms with Crippen LogP contribution in [0.4, 0.5) is 4.79 Å². The number of ether oxygens (including phenoxy) is 1. The average molecular weight is 449 g/mol. The van der Waals surface area contributed by atoms with Crippen LogP contribution in [0.15, 0.2) is 35.4 Å². The van der Waals surface area contributed by atoms with Crippen molar-refractivity contribution >= 4 is 14.4 Å². The van der Waals surface area contributed by atoms with Crippen LogP contribution < -0.4 is 0 Å². The van der Waals surface area contributed by atoms with Crippen molar-refractivity contribution in [2.75, 3.05) is 13.2 Å². The molecule has 1 aliphatic heterocycles. The van der Waals surface area contributed by atoms with Crippen LogP contribution in [0.1, 0.15) is 45.6 Å². The van der Waals surface area contributed by atoms with Gasteiger partial charge in [0.05, 0.1) is 18.7 Å². The molecule has 0 aromatic heterocycles. The monoisotopic (exact) mass is 448 g/mol. The Balaban J connectivity index is 1.98. The van der Waals surface area contributed by atoms with E-state index in [1.807, 2.05) is 30.3 Å². The molecule has 0 spiro atoms. The lowest BCUT2D eigenvalue weighted by Gasteiger charge is -2.40. The predicted molar refractivity (Wildman–Crippen MR) is 123 cm³/mol. The second kappa shape index (κ2) is 11.0. The van der Waals surface area contributed by atoms with E-state index in [1.54, 1.807) is 4.90 Å². The first-order valence-electron chi connectivity index (χ1n) is 10.9. The van der Waals surface area contributed by atoms with Crippen molar-refractivity contribution in [2.24, 2.45) is 5.11 Å². The SMILES string of the molecule is CC(C)(C)[Si](C)(C)OCCC[C@@H]1C[C@@H](N=[N+]=[N-])[C@H](O)CN1C(=O)OCc1ccccc1. The molecular formula is C22H36N4O4Si. The lowest BCUT2D eigenvalue weighted by atomic mass is 9.93. The van der Waals surface area contributed by atoms with Crippen molar-refractivity contribution in [1.29, 1.82) is 0 Å². The lowest BCUT2D eigenvalue weighted by molar-refractivity contribution is 0.00687. The second-order valence-electron chi connectivity index (χ2n) is 9.67. The summed E-state index contributed by atoms with van der Waals surface area (Å²) >= 11 is 0. The first-order chi connectivity index (χ1) is 14.5. The summed E-state index contributed by atoms with van der Waals surface area (Å²) in [6.07, 6.45) is 0.515. The Morgan fingerprint density at radius 2 is 2.00 bits per heavy atom. The molecule has 172 valence electrons. The van der Waals surface area contributed by atoms with E-state index in [0.29, 0.717) is 19.4 Å². The minimum absolute atomic E-state index is 0.0884. The molecule has 0 saturated carbocycles. The number of azide groups is 1. The number of aliphatic hydroxyl groups excluding tert-OH is 1. The van der Waals surface area contributed by atoms with Crippen LogP contribution in [-0.2, 0) is 15.8 Å². The quantitative estimate of drug-likeness (QED) is 0.193. The Bertz CT molecular complexity index is 763. The summed E-state index contributed by atoms with van der Waals surface area (Å²) in [6.45, 7) is 11.9. The topological polar surface area (TPSA) is 108 Å². The van der Waals surface area contributed by atoms with Gasteiger partial charge in [0.1, 0.15) is 6.61 Å². The third kappa shape index (κ3) is 7.24. The molecule has 1 aromatic rings. The minimum Gasteiger partial charge on any atom is -0.445 e. The number of β-amino-alcohol motifs (C(OH)–C–C–N with tert-alkyl or cyclic N) is 1. The molecule has 0 bridgehead atoms. The maximum absolute atomic E-state index is 12.8. The molecule has 1 amide bonds. The highest BCUT2D eigenvalue weighted by molar-refractivity contribution is 6.74. The summed E-state index contributed by atoms with van der Waals surface area (Å²) in [5.74, 6) is 0. The molecule has 1 aromatic carbocycles. The number of rotatable bonds is 8. The Morgan fingerprint density at radius 1 is 1.32 bits per heavy atom. The molecule has 0 radical (unpaired) electrons. The van der Waals surface area contributed by atoms with Gasteiger partial charge in [-0.3, -0.25) is 0 Å². The summed E-state index contributed by atoms with van der Waals surface area (Å²) in [5.41, 5.74) is 9.72. The molecule has 31 heavy (non-hydrogen) atoms. The van der Waals surface area contributed by atoms with Crippen LogP contribution in [0.5, 0.6) is 0 Å². The zero-order valence-corrected chi connectivity index (χ0v) is 20.3. The van der Waals surface area contributed by atoms with E-state index in [1.165, 1.54) is 0 Å². The normalized spacial score (nSPS) is 22.0. The van der Waals surface area contributed by atoms with E-state index >= 15 is 0 Å². The van der Waals surface area contributed by atoms with Gasteiger partial charge in [0, 0.05) is 17.6 Å². The standard InChI is InChI=1S/C22H36N4O4Si/c1-22(2,3)31(4,5)30-13-9-12-18-14-19(24-25-23)20(27)15-26(18)21(28)29-16-17-10-7-6-8-11-17/h6-8,10-11,18-20,27H,9,12-16H2,1-5H3/t18-,19-,20-/m1/s1. The van der Waals surface area contributed by atoms with Gasteiger partial charge in [0.25, 0.3) is 0 Å². The van der Waals surface area contributed by atoms with Gasteiger partial charge in [-0.25, -0.2) is 4.79 Å². The Hall–Kier alpha value is -2.06. The summed E-state index contributed by atoms with van der Waals surface area (Å²) < 4.78 is 11.7. The highest BCUT2D eigenvalue weighted by Gasteiger charge is 2.39. The van der Waals surface area contributed by atoms with Crippen LogP contribution in [0, 0.1) is 0 Å². The summed E-state index contributed by atoms with van der Waals surface area (Å²) in [6, 6.07) is 8.76. The van der Waals surface area contributed by atoms with E-state index in [2.05, 4.69) is 43.9 Å². The molecule has 1 saturated heterocycles. The van der Waals surface area contributed by atoms with Gasteiger partial charge in [-0.1, -0.05) is 56.2 Å². The Morgan fingerprint density at radius 3 is 2.61 bits per heavy atom. The van der Waals surface area contributed by atoms with E-state index in [-0.39, 0.29) is 24.2 Å². The van der Waals surface area contributed by atoms with E-state index in [9.17, 15) is 9.90 Å². The van der Waals surface area contributed by atoms with E-state index in [4.69, 9.17) is 14.7 Å². The maximum Gasteiger partial charge on any atom is 0.410 e. The molecular weight excluding hydrogens is 412 g/mol. The molecule has 1 heterocycles. The first kappa shape index (κ1) is 25.2. The largest absolute Gasteiger partial charge is 0.445 e. The molecule has 1 fully saturated rings. The van der Waals surface area contributed by atoms with Crippen molar-refractivity contribution < 1.29 is 19.1 Å². The number of carbonyl (C=O) groups excluding carboxylic acids is 1. The van der Waals surface area contributed by atoms with Crippen molar-refractivity contribution in [3.05, 3.63) is 46.3 Å². The van der Waals surface area contributed by atoms with Crippen LogP contribution in [0.2, 0.25) is 18.1 Å². The predicted octanol–water partition coefficient (Wildman–Crippen LogP) is 5.24. The van der Waals surface area contributed by atoms with Gasteiger partial charge in [-0.15, -0.1) is 0 Å².